The van der Waals surface area contributed by atoms with Crippen LogP contribution in [0, 0.1) is 0 Å². The number of aryl methyl sites for hydroxylation is 1. The molecule has 0 spiro atoms. The van der Waals surface area contributed by atoms with Gasteiger partial charge >= 0.3 is 9.46 Å². The summed E-state index contributed by atoms with van der Waals surface area (Å²) >= 11 is 0. The number of methoxy groups -OCH3 is 1. The fraction of sp³-hybridized carbons (Fsp3) is 0.400. The van der Waals surface area contributed by atoms with E-state index in [1.165, 1.54) is 0 Å². The Labute approximate surface area is 84.7 Å². The maximum Gasteiger partial charge on any atom is 0.411 e. The number of hydrogen-bond donors (Lipinski definition) is 0. The zero-order chi connectivity index (χ0) is 10.4. The van der Waals surface area contributed by atoms with Gasteiger partial charge in [0.2, 0.25) is 0 Å². The summed E-state index contributed by atoms with van der Waals surface area (Å²) in [5, 5.41) is 0. The third kappa shape index (κ3) is 3.87. The van der Waals surface area contributed by atoms with Gasteiger partial charge in [0.1, 0.15) is 5.75 Å². The Hall–Kier alpha value is -0.903. The van der Waals surface area contributed by atoms with Crippen LogP contribution < -0.4 is 4.74 Å². The highest BCUT2D eigenvalue weighted by Crippen LogP contribution is 2.14. The molecule has 0 aliphatic heterocycles. The van der Waals surface area contributed by atoms with Crippen molar-refractivity contribution in [2.75, 3.05) is 7.11 Å². The molecule has 0 aliphatic carbocycles. The molecule has 0 atom stereocenters. The van der Waals surface area contributed by atoms with Crippen LogP contribution in [-0.2, 0) is 6.42 Å². The van der Waals surface area contributed by atoms with Crippen molar-refractivity contribution >= 4 is 9.46 Å². The van der Waals surface area contributed by atoms with Crippen molar-refractivity contribution in [2.45, 2.75) is 18.9 Å². The Morgan fingerprint density at radius 1 is 1.21 bits per heavy atom. The first kappa shape index (κ1) is 11.2. The molecule has 0 unspecified atom stereocenters. The number of hydrogen-bond acceptors (Lipinski definition) is 1. The first-order valence-corrected chi connectivity index (χ1v) is 6.32. The average Bonchev–Trinajstić information content (AvgIpc) is 2.18. The lowest BCUT2D eigenvalue weighted by molar-refractivity contribution is 0.414. The van der Waals surface area contributed by atoms with Gasteiger partial charge < -0.3 is 4.74 Å². The van der Waals surface area contributed by atoms with E-state index in [-0.39, 0.29) is 6.04 Å². The Kier molecular flexibility index (Phi) is 4.59. The zero-order valence-electron chi connectivity index (χ0n) is 8.17. The Balaban J connectivity index is 2.36. The third-order valence-electron chi connectivity index (χ3n) is 2.05. The van der Waals surface area contributed by atoms with Gasteiger partial charge in [0.05, 0.1) is 7.11 Å². The molecule has 0 amide bonds. The Morgan fingerprint density at radius 2 is 1.86 bits per heavy atom. The van der Waals surface area contributed by atoms with Crippen LogP contribution in [0.4, 0.5) is 8.22 Å². The fourth-order valence-corrected chi connectivity index (χ4v) is 1.77. The highest BCUT2D eigenvalue weighted by atomic mass is 28.4. The number of benzene rings is 1. The van der Waals surface area contributed by atoms with Crippen LogP contribution in [-0.4, -0.2) is 16.6 Å². The van der Waals surface area contributed by atoms with E-state index in [0.717, 1.165) is 17.7 Å². The molecule has 0 saturated carbocycles. The van der Waals surface area contributed by atoms with E-state index >= 15 is 0 Å². The summed E-state index contributed by atoms with van der Waals surface area (Å²) in [5.74, 6) is 0.803. The predicted octanol–water partition coefficient (Wildman–Crippen LogP) is 2.79. The van der Waals surface area contributed by atoms with Gasteiger partial charge in [-0.25, -0.2) is 0 Å². The van der Waals surface area contributed by atoms with Gasteiger partial charge in [-0.15, -0.1) is 0 Å². The van der Waals surface area contributed by atoms with E-state index in [1.54, 1.807) is 7.11 Å². The normalized spacial score (nSPS) is 10.6. The smallest absolute Gasteiger partial charge is 0.411 e. The maximum absolute atomic E-state index is 12.0. The quantitative estimate of drug-likeness (QED) is 0.543. The van der Waals surface area contributed by atoms with Gasteiger partial charge in [-0.1, -0.05) is 12.1 Å². The third-order valence-corrected chi connectivity index (χ3v) is 2.89. The molecule has 14 heavy (non-hydrogen) atoms. The van der Waals surface area contributed by atoms with Crippen LogP contribution in [0.1, 0.15) is 12.0 Å². The average molecular weight is 216 g/mol. The molecule has 1 nitrogen and oxygen atoms in total. The first-order chi connectivity index (χ1) is 6.72. The second-order valence-corrected chi connectivity index (χ2v) is 4.49. The molecule has 1 aromatic rings. The Bertz CT molecular complexity index is 261. The van der Waals surface area contributed by atoms with E-state index in [4.69, 9.17) is 4.74 Å². The molecule has 0 fully saturated rings. The van der Waals surface area contributed by atoms with E-state index in [0.29, 0.717) is 6.42 Å². The van der Waals surface area contributed by atoms with E-state index in [9.17, 15) is 8.22 Å². The minimum atomic E-state index is -3.35. The largest absolute Gasteiger partial charge is 0.497 e. The Morgan fingerprint density at radius 3 is 2.36 bits per heavy atom. The molecule has 1 aromatic carbocycles. The summed E-state index contributed by atoms with van der Waals surface area (Å²) in [4.78, 5) is 0. The van der Waals surface area contributed by atoms with E-state index in [1.807, 2.05) is 24.3 Å². The van der Waals surface area contributed by atoms with Crippen LogP contribution in [0.15, 0.2) is 24.3 Å². The molecule has 0 aromatic heterocycles. The number of halogens is 2. The molecule has 1 rings (SSSR count). The molecular weight excluding hydrogens is 202 g/mol. The van der Waals surface area contributed by atoms with Gasteiger partial charge in [-0.3, -0.25) is 8.22 Å². The lowest BCUT2D eigenvalue weighted by Gasteiger charge is -2.02. The molecule has 0 bridgehead atoms. The minimum absolute atomic E-state index is 0.117. The molecular formula is C10H14F2OSi. The molecule has 0 aliphatic rings. The monoisotopic (exact) mass is 216 g/mol. The van der Waals surface area contributed by atoms with Gasteiger partial charge in [-0.05, 0) is 36.6 Å². The van der Waals surface area contributed by atoms with Gasteiger partial charge in [0.25, 0.3) is 0 Å². The van der Waals surface area contributed by atoms with Crippen LogP contribution in [0.2, 0.25) is 6.04 Å². The lowest BCUT2D eigenvalue weighted by atomic mass is 10.1. The van der Waals surface area contributed by atoms with Crippen molar-refractivity contribution in [3.8, 4) is 5.75 Å². The summed E-state index contributed by atoms with van der Waals surface area (Å²) in [6.45, 7) is 0. The molecule has 0 saturated heterocycles. The van der Waals surface area contributed by atoms with E-state index < -0.39 is 9.46 Å². The predicted molar refractivity (Wildman–Crippen MR) is 55.5 cm³/mol. The van der Waals surface area contributed by atoms with E-state index in [2.05, 4.69) is 0 Å². The first-order valence-electron chi connectivity index (χ1n) is 4.63. The highest BCUT2D eigenvalue weighted by molar-refractivity contribution is 6.42. The van der Waals surface area contributed by atoms with Gasteiger partial charge in [-0.2, -0.15) is 0 Å². The topological polar surface area (TPSA) is 9.23 Å². The number of rotatable bonds is 5. The van der Waals surface area contributed by atoms with Crippen molar-refractivity contribution in [1.29, 1.82) is 0 Å². The molecule has 0 heterocycles. The molecule has 4 heteroatoms. The molecule has 78 valence electrons. The van der Waals surface area contributed by atoms with Crippen molar-refractivity contribution in [3.63, 3.8) is 0 Å². The highest BCUT2D eigenvalue weighted by Gasteiger charge is 2.06. The minimum Gasteiger partial charge on any atom is -0.497 e. The summed E-state index contributed by atoms with van der Waals surface area (Å²) in [6, 6.07) is 7.67. The SMILES string of the molecule is COc1ccc(CCC[SiH](F)F)cc1. The van der Waals surface area contributed by atoms with Crippen molar-refractivity contribution < 1.29 is 13.0 Å². The van der Waals surface area contributed by atoms with Crippen molar-refractivity contribution in [2.24, 2.45) is 0 Å². The van der Waals surface area contributed by atoms with Gasteiger partial charge in [0.15, 0.2) is 0 Å². The second-order valence-electron chi connectivity index (χ2n) is 3.13. The van der Waals surface area contributed by atoms with Crippen LogP contribution in [0.25, 0.3) is 0 Å². The number of ether oxygens (including phenoxy) is 1. The van der Waals surface area contributed by atoms with Gasteiger partial charge in [0, 0.05) is 0 Å². The molecule has 0 radical (unpaired) electrons. The van der Waals surface area contributed by atoms with Crippen LogP contribution >= 0.6 is 0 Å². The summed E-state index contributed by atoms with van der Waals surface area (Å²) in [5.41, 5.74) is 1.10. The van der Waals surface area contributed by atoms with Crippen LogP contribution in [0.3, 0.4) is 0 Å². The lowest BCUT2D eigenvalue weighted by Crippen LogP contribution is -1.96. The van der Waals surface area contributed by atoms with Crippen molar-refractivity contribution in [1.82, 2.24) is 0 Å². The zero-order valence-corrected chi connectivity index (χ0v) is 9.33. The maximum atomic E-state index is 12.0. The fourth-order valence-electron chi connectivity index (χ4n) is 1.25. The summed E-state index contributed by atoms with van der Waals surface area (Å²) < 4.78 is 28.9. The summed E-state index contributed by atoms with van der Waals surface area (Å²) in [6.07, 6.45) is 1.33. The second kappa shape index (κ2) is 5.75. The molecule has 0 N–H and O–H groups in total. The van der Waals surface area contributed by atoms with Crippen LogP contribution in [0.5, 0.6) is 5.75 Å². The van der Waals surface area contributed by atoms with Crippen molar-refractivity contribution in [3.05, 3.63) is 29.8 Å². The standard InChI is InChI=1S/C10H14F2OSi/c1-13-10-6-4-9(5-7-10)3-2-8-14(11)12/h4-7,14H,2-3,8H2,1H3. The summed E-state index contributed by atoms with van der Waals surface area (Å²) in [7, 11) is -1.74.